The maximum Gasteiger partial charge on any atom is 0.0291 e. The molecule has 0 N–H and O–H groups in total. The molecule has 0 heteroatoms. The molecule has 17 heavy (non-hydrogen) atoms. The third kappa shape index (κ3) is 1.13. The van der Waals surface area contributed by atoms with E-state index in [9.17, 15) is 0 Å². The van der Waals surface area contributed by atoms with Crippen molar-refractivity contribution in [3.63, 3.8) is 0 Å². The number of allylic oxidation sites excluding steroid dienone is 10. The Bertz CT molecular complexity index is 648. The summed E-state index contributed by atoms with van der Waals surface area (Å²) < 4.78 is 0. The normalized spacial score (nSPS) is 23.3. The van der Waals surface area contributed by atoms with Gasteiger partial charge in [-0.3, -0.25) is 0 Å². The van der Waals surface area contributed by atoms with Crippen LogP contribution in [0.5, 0.6) is 0 Å². The van der Waals surface area contributed by atoms with Gasteiger partial charge in [-0.25, -0.2) is 0 Å². The minimum Gasteiger partial charge on any atom is -0.0720 e. The van der Waals surface area contributed by atoms with Crippen LogP contribution in [0.25, 0.3) is 5.57 Å². The summed E-state index contributed by atoms with van der Waals surface area (Å²) in [4.78, 5) is 0. The van der Waals surface area contributed by atoms with Crippen molar-refractivity contribution in [3.05, 3.63) is 89.1 Å². The second-order valence-corrected chi connectivity index (χ2v) is 4.62. The van der Waals surface area contributed by atoms with E-state index in [1.165, 1.54) is 27.8 Å². The molecule has 1 aromatic rings. The van der Waals surface area contributed by atoms with Crippen molar-refractivity contribution in [2.24, 2.45) is 0 Å². The van der Waals surface area contributed by atoms with Gasteiger partial charge in [0.05, 0.1) is 0 Å². The van der Waals surface area contributed by atoms with Gasteiger partial charge in [-0.1, -0.05) is 66.8 Å². The lowest BCUT2D eigenvalue weighted by molar-refractivity contribution is 1.08. The number of rotatable bonds is 0. The van der Waals surface area contributed by atoms with Crippen molar-refractivity contribution < 1.29 is 0 Å². The van der Waals surface area contributed by atoms with Gasteiger partial charge in [0.1, 0.15) is 0 Å². The molecular formula is C17H12. The lowest BCUT2D eigenvalue weighted by Crippen LogP contribution is -1.90. The zero-order chi connectivity index (χ0) is 11.2. The Morgan fingerprint density at radius 1 is 0.882 bits per heavy atom. The molecule has 0 aliphatic heterocycles. The minimum absolute atomic E-state index is 0.476. The van der Waals surface area contributed by atoms with Crippen molar-refractivity contribution in [2.75, 3.05) is 0 Å². The Labute approximate surface area is 101 Å². The number of benzene rings is 1. The molecule has 3 aliphatic rings. The summed E-state index contributed by atoms with van der Waals surface area (Å²) in [5.41, 5.74) is 7.08. The number of hydrogen-bond donors (Lipinski definition) is 0. The third-order valence-corrected chi connectivity index (χ3v) is 3.73. The second kappa shape index (κ2) is 3.21. The third-order valence-electron chi connectivity index (χ3n) is 3.73. The van der Waals surface area contributed by atoms with E-state index in [4.69, 9.17) is 0 Å². The van der Waals surface area contributed by atoms with Crippen LogP contribution < -0.4 is 0 Å². The molecule has 80 valence electrons. The molecule has 0 fully saturated rings. The van der Waals surface area contributed by atoms with Crippen LogP contribution >= 0.6 is 0 Å². The molecule has 0 spiro atoms. The van der Waals surface area contributed by atoms with Crippen LogP contribution in [0.4, 0.5) is 0 Å². The van der Waals surface area contributed by atoms with Gasteiger partial charge in [-0.2, -0.15) is 0 Å². The van der Waals surface area contributed by atoms with E-state index in [1.54, 1.807) is 0 Å². The summed E-state index contributed by atoms with van der Waals surface area (Å²) in [6.07, 6.45) is 15.4. The quantitative estimate of drug-likeness (QED) is 0.611. The van der Waals surface area contributed by atoms with Crippen LogP contribution in [-0.2, 0) is 0 Å². The van der Waals surface area contributed by atoms with Crippen LogP contribution in [0.2, 0.25) is 0 Å². The van der Waals surface area contributed by atoms with Gasteiger partial charge in [0.25, 0.3) is 0 Å². The van der Waals surface area contributed by atoms with E-state index in [2.05, 4.69) is 66.8 Å². The van der Waals surface area contributed by atoms with Crippen LogP contribution in [0.3, 0.4) is 0 Å². The Hall–Kier alpha value is -2.08. The van der Waals surface area contributed by atoms with Gasteiger partial charge in [0.2, 0.25) is 0 Å². The van der Waals surface area contributed by atoms with E-state index in [1.807, 2.05) is 0 Å². The van der Waals surface area contributed by atoms with Crippen molar-refractivity contribution in [1.29, 1.82) is 0 Å². The van der Waals surface area contributed by atoms with Crippen molar-refractivity contribution >= 4 is 5.57 Å². The zero-order valence-corrected chi connectivity index (χ0v) is 9.43. The van der Waals surface area contributed by atoms with Crippen molar-refractivity contribution in [2.45, 2.75) is 5.92 Å². The van der Waals surface area contributed by atoms with E-state index >= 15 is 0 Å². The number of fused-ring (bicyclic) bond motifs is 3. The predicted octanol–water partition coefficient (Wildman–Crippen LogP) is 4.16. The fourth-order valence-corrected chi connectivity index (χ4v) is 3.01. The fourth-order valence-electron chi connectivity index (χ4n) is 3.01. The van der Waals surface area contributed by atoms with Gasteiger partial charge in [-0.05, 0) is 27.8 Å². The molecule has 0 bridgehead atoms. The monoisotopic (exact) mass is 216 g/mol. The zero-order valence-electron chi connectivity index (χ0n) is 9.43. The largest absolute Gasteiger partial charge is 0.0720 e. The molecule has 1 atom stereocenters. The molecule has 3 aliphatic carbocycles. The topological polar surface area (TPSA) is 0 Å². The molecule has 0 saturated heterocycles. The summed E-state index contributed by atoms with van der Waals surface area (Å²) in [7, 11) is 0. The summed E-state index contributed by atoms with van der Waals surface area (Å²) in [6, 6.07) is 8.75. The first kappa shape index (κ1) is 9.00. The van der Waals surface area contributed by atoms with Crippen LogP contribution in [0, 0.1) is 0 Å². The number of hydrogen-bond acceptors (Lipinski definition) is 0. The van der Waals surface area contributed by atoms with Gasteiger partial charge in [0, 0.05) is 5.92 Å². The van der Waals surface area contributed by atoms with Crippen molar-refractivity contribution in [1.82, 2.24) is 0 Å². The smallest absolute Gasteiger partial charge is 0.0291 e. The van der Waals surface area contributed by atoms with E-state index in [0.717, 1.165) is 0 Å². The Balaban J connectivity index is 2.05. The summed E-state index contributed by atoms with van der Waals surface area (Å²) in [6.45, 7) is 0. The average Bonchev–Trinajstić information content (AvgIpc) is 2.84. The Morgan fingerprint density at radius 2 is 1.82 bits per heavy atom. The Kier molecular flexibility index (Phi) is 1.70. The molecule has 1 unspecified atom stereocenters. The highest BCUT2D eigenvalue weighted by Crippen LogP contribution is 2.50. The maximum atomic E-state index is 2.32. The molecule has 0 amide bonds. The fraction of sp³-hybridized carbons (Fsp3) is 0.0588. The summed E-state index contributed by atoms with van der Waals surface area (Å²) in [5, 5.41) is 0. The van der Waals surface area contributed by atoms with Gasteiger partial charge in [-0.15, -0.1) is 0 Å². The average molecular weight is 216 g/mol. The molecule has 0 heterocycles. The lowest BCUT2D eigenvalue weighted by atomic mass is 9.97. The van der Waals surface area contributed by atoms with Crippen molar-refractivity contribution in [3.8, 4) is 0 Å². The Morgan fingerprint density at radius 3 is 2.82 bits per heavy atom. The first-order valence-electron chi connectivity index (χ1n) is 6.02. The van der Waals surface area contributed by atoms with Crippen LogP contribution in [0.15, 0.2) is 77.9 Å². The molecular weight excluding hydrogens is 204 g/mol. The van der Waals surface area contributed by atoms with Gasteiger partial charge in [0.15, 0.2) is 0 Å². The maximum absolute atomic E-state index is 2.32. The van der Waals surface area contributed by atoms with Crippen LogP contribution in [-0.4, -0.2) is 0 Å². The molecule has 1 aromatic carbocycles. The van der Waals surface area contributed by atoms with E-state index in [0.29, 0.717) is 5.92 Å². The second-order valence-electron chi connectivity index (χ2n) is 4.62. The highest BCUT2D eigenvalue weighted by atomic mass is 14.4. The highest BCUT2D eigenvalue weighted by molar-refractivity contribution is 5.90. The molecule has 4 rings (SSSR count). The SMILES string of the molecule is C1=CC=C2C=CC3C2=C(C=C1)c1ccccc13. The molecule has 0 radical (unpaired) electrons. The van der Waals surface area contributed by atoms with Crippen LogP contribution in [0.1, 0.15) is 17.0 Å². The standard InChI is InChI=1S/C17H12/c1-2-6-12-10-11-16-14-8-5-4-7-13(14)15(9-3-1)17(12)16/h1-11,16H. The summed E-state index contributed by atoms with van der Waals surface area (Å²) in [5.74, 6) is 0.476. The molecule has 0 aromatic heterocycles. The van der Waals surface area contributed by atoms with Gasteiger partial charge < -0.3 is 0 Å². The van der Waals surface area contributed by atoms with Gasteiger partial charge >= 0.3 is 0 Å². The first-order chi connectivity index (χ1) is 8.45. The van der Waals surface area contributed by atoms with E-state index < -0.39 is 0 Å². The van der Waals surface area contributed by atoms with E-state index in [-0.39, 0.29) is 0 Å². The highest BCUT2D eigenvalue weighted by Gasteiger charge is 2.32. The lowest BCUT2D eigenvalue weighted by Gasteiger charge is -2.06. The molecule has 0 nitrogen and oxygen atoms in total. The summed E-state index contributed by atoms with van der Waals surface area (Å²) >= 11 is 0. The first-order valence-corrected chi connectivity index (χ1v) is 6.02. The minimum atomic E-state index is 0.476. The predicted molar refractivity (Wildman–Crippen MR) is 71.6 cm³/mol. The molecule has 0 saturated carbocycles.